The summed E-state index contributed by atoms with van der Waals surface area (Å²) in [4.78, 5) is 0. The first-order chi connectivity index (χ1) is 1.91. The molecule has 0 aromatic rings. The topological polar surface area (TPSA) is 55.1 Å². The molecule has 4 heavy (non-hydrogen) atoms. The van der Waals surface area contributed by atoms with Gasteiger partial charge in [-0.05, 0) is 0 Å². The van der Waals surface area contributed by atoms with Crippen LogP contribution in [0.5, 0.6) is 0 Å². The Morgan fingerprint density at radius 3 is 2.25 bits per heavy atom. The Morgan fingerprint density at radius 2 is 2.25 bits per heavy atom. The Bertz CT molecular complexity index is 20.0. The van der Waals surface area contributed by atoms with Crippen LogP contribution in [0.1, 0.15) is 0 Å². The van der Waals surface area contributed by atoms with Gasteiger partial charge in [-0.3, -0.25) is 0 Å². The van der Waals surface area contributed by atoms with E-state index >= 15 is 0 Å². The van der Waals surface area contributed by atoms with Crippen LogP contribution in [0, 0.1) is 0 Å². The van der Waals surface area contributed by atoms with Gasteiger partial charge in [-0.1, -0.05) is 0 Å². The van der Waals surface area contributed by atoms with Crippen LogP contribution in [0.3, 0.4) is 0 Å². The second kappa shape index (κ2) is 3.37. The average Bonchev–Trinajstić information content (AvgIpc) is 1.37. The van der Waals surface area contributed by atoms with E-state index in [1.165, 1.54) is 0 Å². The SMILES string of the molecule is N[NH][Tc]=[O]. The zero-order valence-corrected chi connectivity index (χ0v) is 3.72. The zero-order chi connectivity index (χ0) is 3.41. The van der Waals surface area contributed by atoms with Crippen LogP contribution in [-0.2, 0) is 21.4 Å². The third kappa shape index (κ3) is 2.37. The molecule has 0 atom stereocenters. The van der Waals surface area contributed by atoms with E-state index in [2.05, 4.69) is 5.84 Å². The molecule has 0 radical (unpaired) electrons. The first kappa shape index (κ1) is 4.37. The molecule has 0 bridgehead atoms. The monoisotopic (exact) mass is 144 g/mol. The Balaban J connectivity index is 2.30. The van der Waals surface area contributed by atoms with Crippen LogP contribution in [-0.4, -0.2) is 0 Å². The first-order valence-electron chi connectivity index (χ1n) is 0.632. The molecule has 0 aromatic carbocycles. The molecule has 26 valence electrons. The number of hydrogen-bond donors (Lipinski definition) is 2. The fourth-order valence-corrected chi connectivity index (χ4v) is 0. The second-order valence-corrected chi connectivity index (χ2v) is 1.10. The zero-order valence-electron chi connectivity index (χ0n) is 1.86. The van der Waals surface area contributed by atoms with Gasteiger partial charge in [0.2, 0.25) is 0 Å². The number of nitrogens with one attached hydrogen (secondary N) is 1. The molecule has 0 spiro atoms. The molecular weight excluding hydrogens is 142 g/mol. The number of nitrogens with two attached hydrogens (primary N) is 1. The van der Waals surface area contributed by atoms with Gasteiger partial charge in [0.25, 0.3) is 0 Å². The van der Waals surface area contributed by atoms with Crippen molar-refractivity contribution >= 4 is 0 Å². The summed E-state index contributed by atoms with van der Waals surface area (Å²) in [5, 5.41) is 0. The quantitative estimate of drug-likeness (QED) is 0.359. The van der Waals surface area contributed by atoms with Crippen molar-refractivity contribution in [1.82, 2.24) is 4.10 Å². The van der Waals surface area contributed by atoms with Crippen LogP contribution in [0.25, 0.3) is 0 Å². The van der Waals surface area contributed by atoms with Crippen molar-refractivity contribution < 1.29 is 21.4 Å². The minimum atomic E-state index is -1.11. The molecule has 0 heterocycles. The third-order valence-electron chi connectivity index (χ3n) is 0.0445. The maximum atomic E-state index is 9.17. The number of rotatable bonds is 1. The summed E-state index contributed by atoms with van der Waals surface area (Å²) in [5.74, 6) is 4.51. The van der Waals surface area contributed by atoms with Gasteiger partial charge < -0.3 is 0 Å². The third-order valence-corrected chi connectivity index (χ3v) is 0.264. The van der Waals surface area contributed by atoms with Gasteiger partial charge in [-0.25, -0.2) is 0 Å². The van der Waals surface area contributed by atoms with E-state index in [0.717, 1.165) is 0 Å². The van der Waals surface area contributed by atoms with E-state index in [0.29, 0.717) is 0 Å². The summed E-state index contributed by atoms with van der Waals surface area (Å²) in [6, 6.07) is 0. The number of hydrogen-bond acceptors (Lipinski definition) is 2. The Labute approximate surface area is 32.1 Å². The second-order valence-electron chi connectivity index (χ2n) is 0.186. The molecule has 0 aromatic heterocycles. The van der Waals surface area contributed by atoms with Gasteiger partial charge in [0, 0.05) is 0 Å². The van der Waals surface area contributed by atoms with Crippen molar-refractivity contribution in [1.29, 1.82) is 0 Å². The molecule has 0 unspecified atom stereocenters. The van der Waals surface area contributed by atoms with E-state index in [4.69, 9.17) is 0 Å². The van der Waals surface area contributed by atoms with Crippen LogP contribution >= 0.6 is 0 Å². The average molecular weight is 145 g/mol. The van der Waals surface area contributed by atoms with Crippen molar-refractivity contribution in [2.24, 2.45) is 5.84 Å². The predicted molar refractivity (Wildman–Crippen MR) is 8.01 cm³/mol. The predicted octanol–water partition coefficient (Wildman–Crippen LogP) is -1.21. The van der Waals surface area contributed by atoms with Gasteiger partial charge in [-0.2, -0.15) is 0 Å². The molecule has 0 saturated heterocycles. The van der Waals surface area contributed by atoms with Crippen molar-refractivity contribution in [2.45, 2.75) is 0 Å². The van der Waals surface area contributed by atoms with Gasteiger partial charge in [-0.15, -0.1) is 0 Å². The van der Waals surface area contributed by atoms with Crippen molar-refractivity contribution in [3.63, 3.8) is 0 Å². The molecule has 4 heteroatoms. The normalized spacial score (nSPS) is 7.25. The molecule has 0 amide bonds. The van der Waals surface area contributed by atoms with Crippen LogP contribution in [0.15, 0.2) is 0 Å². The molecule has 3 N–H and O–H groups in total. The first-order valence-corrected chi connectivity index (χ1v) is 2.32. The maximum absolute atomic E-state index is 9.17. The van der Waals surface area contributed by atoms with Gasteiger partial charge in [0.05, 0.1) is 0 Å². The van der Waals surface area contributed by atoms with Crippen molar-refractivity contribution in [3.05, 3.63) is 0 Å². The molecule has 0 saturated carbocycles. The number of hydrazine groups is 1. The molecule has 0 aliphatic heterocycles. The van der Waals surface area contributed by atoms with Crippen LogP contribution in [0.2, 0.25) is 0 Å². The Hall–Kier alpha value is 0.369. The van der Waals surface area contributed by atoms with Crippen molar-refractivity contribution in [3.8, 4) is 0 Å². The van der Waals surface area contributed by atoms with Gasteiger partial charge in [0.1, 0.15) is 0 Å². The van der Waals surface area contributed by atoms with E-state index in [-0.39, 0.29) is 0 Å². The standard InChI is InChI=1S/H3N2.O.Tc/c1-2;;/h1H,2H2;;/q-1;;+1. The van der Waals surface area contributed by atoms with E-state index < -0.39 is 17.9 Å². The molecule has 3 nitrogen and oxygen atoms in total. The van der Waals surface area contributed by atoms with E-state index in [1.54, 1.807) is 0 Å². The Kier molecular flexibility index (Phi) is 3.68. The summed E-state index contributed by atoms with van der Waals surface area (Å²) < 4.78 is 11.2. The summed E-state index contributed by atoms with van der Waals surface area (Å²) in [5.41, 5.74) is 0. The minimum absolute atomic E-state index is 1.11. The molecule has 0 aliphatic carbocycles. The molecule has 0 rings (SSSR count). The molecule has 0 fully saturated rings. The summed E-state index contributed by atoms with van der Waals surface area (Å²) >= 11 is -1.11. The van der Waals surface area contributed by atoms with Gasteiger partial charge in [0.15, 0.2) is 0 Å². The van der Waals surface area contributed by atoms with E-state index in [1.807, 2.05) is 4.10 Å². The Morgan fingerprint density at radius 1 is 2.00 bits per heavy atom. The van der Waals surface area contributed by atoms with Crippen molar-refractivity contribution in [2.75, 3.05) is 0 Å². The fraction of sp³-hybridized carbons (Fsp3) is 0. The van der Waals surface area contributed by atoms with Crippen LogP contribution in [0.4, 0.5) is 0 Å². The van der Waals surface area contributed by atoms with Gasteiger partial charge >= 0.3 is 31.3 Å². The molecule has 0 aliphatic rings. The summed E-state index contributed by atoms with van der Waals surface area (Å²) in [6.07, 6.45) is 0. The van der Waals surface area contributed by atoms with E-state index in [9.17, 15) is 3.50 Å². The molecular formula is H3N2OTc. The fourth-order valence-electron chi connectivity index (χ4n) is 0. The summed E-state index contributed by atoms with van der Waals surface area (Å²) in [7, 11) is 0. The summed E-state index contributed by atoms with van der Waals surface area (Å²) in [6.45, 7) is 0. The van der Waals surface area contributed by atoms with Crippen LogP contribution < -0.4 is 9.94 Å².